The number of piperazine rings is 1. The number of nitrogens with zero attached hydrogens (tertiary/aromatic N) is 4. The van der Waals surface area contributed by atoms with E-state index in [9.17, 15) is 9.59 Å². The van der Waals surface area contributed by atoms with Gasteiger partial charge in [0.15, 0.2) is 0 Å². The molecule has 2 aliphatic heterocycles. The van der Waals surface area contributed by atoms with Crippen molar-refractivity contribution in [3.8, 4) is 0 Å². The summed E-state index contributed by atoms with van der Waals surface area (Å²) in [6, 6.07) is 5.95. The molecular formula is C23H36N4O2. The Morgan fingerprint density at radius 2 is 1.79 bits per heavy atom. The van der Waals surface area contributed by atoms with E-state index in [2.05, 4.69) is 23.7 Å². The first-order valence-corrected chi connectivity index (χ1v) is 11.2. The Morgan fingerprint density at radius 3 is 2.48 bits per heavy atom. The monoisotopic (exact) mass is 400 g/mol. The van der Waals surface area contributed by atoms with Crippen LogP contribution < -0.4 is 4.90 Å². The normalized spacial score (nSPS) is 20.2. The molecule has 3 rings (SSSR count). The van der Waals surface area contributed by atoms with Crippen LogP contribution in [0.3, 0.4) is 0 Å². The van der Waals surface area contributed by atoms with Crippen LogP contribution in [-0.2, 0) is 9.59 Å². The zero-order chi connectivity index (χ0) is 20.6. The summed E-state index contributed by atoms with van der Waals surface area (Å²) in [7, 11) is 0. The Balaban J connectivity index is 1.38. The van der Waals surface area contributed by atoms with E-state index in [1.165, 1.54) is 0 Å². The van der Waals surface area contributed by atoms with E-state index >= 15 is 0 Å². The van der Waals surface area contributed by atoms with Crippen LogP contribution in [0.4, 0.5) is 5.82 Å². The van der Waals surface area contributed by atoms with Gasteiger partial charge < -0.3 is 14.7 Å². The fourth-order valence-corrected chi connectivity index (χ4v) is 4.31. The topological polar surface area (TPSA) is 56.8 Å². The molecule has 0 aliphatic carbocycles. The number of aromatic nitrogens is 1. The number of amides is 2. The highest BCUT2D eigenvalue weighted by Gasteiger charge is 2.26. The van der Waals surface area contributed by atoms with Crippen LogP contribution in [0, 0.1) is 11.8 Å². The van der Waals surface area contributed by atoms with Gasteiger partial charge in [-0.15, -0.1) is 0 Å². The fraction of sp³-hybridized carbons (Fsp3) is 0.696. The number of hydrogen-bond donors (Lipinski definition) is 0. The molecule has 0 unspecified atom stereocenters. The molecule has 0 bridgehead atoms. The number of carbonyl (C=O) groups excluding carboxylic acids is 2. The summed E-state index contributed by atoms with van der Waals surface area (Å²) >= 11 is 0. The van der Waals surface area contributed by atoms with Gasteiger partial charge in [-0.05, 0) is 49.7 Å². The molecule has 0 N–H and O–H groups in total. The number of anilines is 1. The van der Waals surface area contributed by atoms with E-state index in [0.717, 1.165) is 70.8 Å². The Kier molecular flexibility index (Phi) is 7.90. The molecule has 29 heavy (non-hydrogen) atoms. The van der Waals surface area contributed by atoms with Gasteiger partial charge in [-0.1, -0.05) is 19.9 Å². The lowest BCUT2D eigenvalue weighted by Crippen LogP contribution is -2.49. The first-order chi connectivity index (χ1) is 14.0. The van der Waals surface area contributed by atoms with Crippen LogP contribution in [0.15, 0.2) is 24.4 Å². The van der Waals surface area contributed by atoms with E-state index in [-0.39, 0.29) is 5.91 Å². The predicted molar refractivity (Wildman–Crippen MR) is 116 cm³/mol. The summed E-state index contributed by atoms with van der Waals surface area (Å²) in [5.74, 6) is 2.57. The lowest BCUT2D eigenvalue weighted by atomic mass is 9.92. The molecule has 2 saturated heterocycles. The van der Waals surface area contributed by atoms with Gasteiger partial charge in [-0.2, -0.15) is 0 Å². The average Bonchev–Trinajstić information content (AvgIpc) is 2.76. The summed E-state index contributed by atoms with van der Waals surface area (Å²) in [6.45, 7) is 9.24. The minimum Gasteiger partial charge on any atom is -0.353 e. The molecule has 1 aromatic rings. The second-order valence-electron chi connectivity index (χ2n) is 8.87. The largest absolute Gasteiger partial charge is 0.353 e. The second-order valence-corrected chi connectivity index (χ2v) is 8.87. The maximum Gasteiger partial charge on any atom is 0.222 e. The molecule has 0 saturated carbocycles. The maximum absolute atomic E-state index is 12.7. The number of pyridine rings is 1. The summed E-state index contributed by atoms with van der Waals surface area (Å²) < 4.78 is 0. The number of likely N-dealkylation sites (tertiary alicyclic amines) is 1. The predicted octanol–water partition coefficient (Wildman–Crippen LogP) is 3.19. The summed E-state index contributed by atoms with van der Waals surface area (Å²) in [6.07, 6.45) is 7.12. The standard InChI is InChI=1S/C23H36N4O2/c1-19(2)8-10-23(29)27-13-5-6-20(18-27)9-11-22(28)26-16-14-25(15-17-26)21-7-3-4-12-24-21/h3-4,7,12,19-20H,5-6,8-11,13-18H2,1-2H3/t20-/m1/s1. The summed E-state index contributed by atoms with van der Waals surface area (Å²) in [5, 5.41) is 0. The van der Waals surface area contributed by atoms with E-state index in [4.69, 9.17) is 0 Å². The van der Waals surface area contributed by atoms with Crippen LogP contribution in [0.1, 0.15) is 52.4 Å². The minimum atomic E-state index is 0.258. The van der Waals surface area contributed by atoms with Crippen LogP contribution in [0.25, 0.3) is 0 Å². The highest BCUT2D eigenvalue weighted by Crippen LogP contribution is 2.23. The van der Waals surface area contributed by atoms with Gasteiger partial charge in [0.25, 0.3) is 0 Å². The van der Waals surface area contributed by atoms with Crippen molar-refractivity contribution in [1.29, 1.82) is 0 Å². The van der Waals surface area contributed by atoms with Crippen molar-refractivity contribution in [3.63, 3.8) is 0 Å². The van der Waals surface area contributed by atoms with E-state index in [0.29, 0.717) is 30.6 Å². The lowest BCUT2D eigenvalue weighted by Gasteiger charge is -2.36. The molecular weight excluding hydrogens is 364 g/mol. The summed E-state index contributed by atoms with van der Waals surface area (Å²) in [4.78, 5) is 35.8. The van der Waals surface area contributed by atoms with Gasteiger partial charge in [0, 0.05) is 58.3 Å². The Morgan fingerprint density at radius 1 is 1.03 bits per heavy atom. The van der Waals surface area contributed by atoms with Crippen LogP contribution in [0.2, 0.25) is 0 Å². The number of carbonyl (C=O) groups is 2. The van der Waals surface area contributed by atoms with Crippen molar-refractivity contribution in [1.82, 2.24) is 14.8 Å². The van der Waals surface area contributed by atoms with Crippen molar-refractivity contribution in [2.45, 2.75) is 52.4 Å². The molecule has 1 atom stereocenters. The van der Waals surface area contributed by atoms with Crippen molar-refractivity contribution in [2.75, 3.05) is 44.2 Å². The quantitative estimate of drug-likeness (QED) is 0.705. The van der Waals surface area contributed by atoms with Crippen molar-refractivity contribution in [3.05, 3.63) is 24.4 Å². The van der Waals surface area contributed by atoms with Gasteiger partial charge in [-0.25, -0.2) is 4.98 Å². The van der Waals surface area contributed by atoms with Gasteiger partial charge in [0.1, 0.15) is 5.82 Å². The number of rotatable bonds is 7. The third-order valence-electron chi connectivity index (χ3n) is 6.18. The lowest BCUT2D eigenvalue weighted by molar-refractivity contribution is -0.133. The molecule has 1 aromatic heterocycles. The number of piperidine rings is 1. The SMILES string of the molecule is CC(C)CCC(=O)N1CCC[C@H](CCC(=O)N2CCN(c3ccccn3)CC2)C1. The Bertz CT molecular complexity index is 656. The van der Waals surface area contributed by atoms with Crippen molar-refractivity contribution >= 4 is 17.6 Å². The summed E-state index contributed by atoms with van der Waals surface area (Å²) in [5.41, 5.74) is 0. The van der Waals surface area contributed by atoms with E-state index in [1.807, 2.05) is 34.2 Å². The molecule has 0 spiro atoms. The molecule has 2 fully saturated rings. The molecule has 2 aliphatic rings. The maximum atomic E-state index is 12.7. The molecule has 6 heteroatoms. The Hall–Kier alpha value is -2.11. The van der Waals surface area contributed by atoms with E-state index < -0.39 is 0 Å². The zero-order valence-corrected chi connectivity index (χ0v) is 18.1. The van der Waals surface area contributed by atoms with Crippen molar-refractivity contribution < 1.29 is 9.59 Å². The highest BCUT2D eigenvalue weighted by molar-refractivity contribution is 5.77. The average molecular weight is 401 g/mol. The molecule has 160 valence electrons. The highest BCUT2D eigenvalue weighted by atomic mass is 16.2. The third-order valence-corrected chi connectivity index (χ3v) is 6.18. The van der Waals surface area contributed by atoms with Gasteiger partial charge in [0.05, 0.1) is 0 Å². The second kappa shape index (κ2) is 10.6. The third kappa shape index (κ3) is 6.44. The fourth-order valence-electron chi connectivity index (χ4n) is 4.31. The molecule has 3 heterocycles. The zero-order valence-electron chi connectivity index (χ0n) is 18.1. The first kappa shape index (κ1) is 21.6. The minimum absolute atomic E-state index is 0.258. The van der Waals surface area contributed by atoms with Crippen LogP contribution in [0.5, 0.6) is 0 Å². The van der Waals surface area contributed by atoms with Crippen LogP contribution >= 0.6 is 0 Å². The number of hydrogen-bond acceptors (Lipinski definition) is 4. The first-order valence-electron chi connectivity index (χ1n) is 11.2. The van der Waals surface area contributed by atoms with E-state index in [1.54, 1.807) is 0 Å². The molecule has 6 nitrogen and oxygen atoms in total. The molecule has 2 amide bonds. The smallest absolute Gasteiger partial charge is 0.222 e. The Labute approximate surface area is 175 Å². The molecule has 0 radical (unpaired) electrons. The van der Waals surface area contributed by atoms with Gasteiger partial charge >= 0.3 is 0 Å². The molecule has 0 aromatic carbocycles. The van der Waals surface area contributed by atoms with Gasteiger partial charge in [0.2, 0.25) is 11.8 Å². The van der Waals surface area contributed by atoms with Crippen LogP contribution in [-0.4, -0.2) is 65.9 Å². The van der Waals surface area contributed by atoms with Gasteiger partial charge in [-0.3, -0.25) is 9.59 Å². The van der Waals surface area contributed by atoms with Crippen molar-refractivity contribution in [2.24, 2.45) is 11.8 Å².